The molecule has 1 aliphatic rings. The number of hydrogen-bond donors (Lipinski definition) is 1. The maximum Gasteiger partial charge on any atom is 0.329 e. The molecule has 0 spiro atoms. The van der Waals surface area contributed by atoms with E-state index in [1.807, 2.05) is 12.1 Å². The molecular formula is C33H35FN6O3Si. The van der Waals surface area contributed by atoms with Crippen LogP contribution in [0, 0.1) is 15.9 Å². The zero-order valence-corrected chi connectivity index (χ0v) is 26.0. The van der Waals surface area contributed by atoms with Gasteiger partial charge in [0.2, 0.25) is 5.82 Å². The van der Waals surface area contributed by atoms with Gasteiger partial charge in [0.05, 0.1) is 11.1 Å². The molecule has 0 atom stereocenters. The largest absolute Gasteiger partial charge is 0.404 e. The van der Waals surface area contributed by atoms with Gasteiger partial charge in [0.15, 0.2) is 5.82 Å². The van der Waals surface area contributed by atoms with Gasteiger partial charge in [-0.3, -0.25) is 14.5 Å². The molecule has 1 N–H and O–H groups in total. The predicted octanol–water partition coefficient (Wildman–Crippen LogP) is 6.14. The molecule has 1 saturated carbocycles. The van der Waals surface area contributed by atoms with Crippen LogP contribution in [-0.2, 0) is 4.43 Å². The number of aromatic nitrogens is 4. The van der Waals surface area contributed by atoms with E-state index in [4.69, 9.17) is 4.43 Å². The first-order valence-corrected chi connectivity index (χ1v) is 16.8. The van der Waals surface area contributed by atoms with Crippen molar-refractivity contribution in [1.82, 2.24) is 19.4 Å². The van der Waals surface area contributed by atoms with Crippen LogP contribution in [0.2, 0.25) is 5.04 Å². The summed E-state index contributed by atoms with van der Waals surface area (Å²) in [6.07, 6.45) is 7.21. The number of nitrogens with zero attached hydrogens (tertiary/aromatic N) is 5. The van der Waals surface area contributed by atoms with Crippen molar-refractivity contribution in [2.45, 2.75) is 63.6 Å². The lowest BCUT2D eigenvalue weighted by Gasteiger charge is -2.46. The Balaban J connectivity index is 1.24. The average molecular weight is 611 g/mol. The maximum atomic E-state index is 14.0. The van der Waals surface area contributed by atoms with Crippen LogP contribution in [0.3, 0.4) is 0 Å². The highest BCUT2D eigenvalue weighted by Gasteiger charge is 2.51. The third-order valence-electron chi connectivity index (χ3n) is 8.44. The van der Waals surface area contributed by atoms with Crippen LogP contribution in [0.15, 0.2) is 91.4 Å². The Morgan fingerprint density at radius 2 is 1.57 bits per heavy atom. The number of nitro groups is 1. The number of nitrogens with one attached hydrogen (secondary N) is 1. The fourth-order valence-corrected chi connectivity index (χ4v) is 11.1. The summed E-state index contributed by atoms with van der Waals surface area (Å²) in [5, 5.41) is 17.6. The molecule has 0 saturated heterocycles. The summed E-state index contributed by atoms with van der Waals surface area (Å²) in [6.45, 7) is 6.82. The van der Waals surface area contributed by atoms with Gasteiger partial charge in [-0.1, -0.05) is 81.4 Å². The second-order valence-electron chi connectivity index (χ2n) is 12.3. The molecule has 5 aromatic rings. The standard InChI is InChI=1S/C33H35FN6O3Si/c1-33(2,3)44(26-10-6-4-7-11-26,27-12-8-5-9-13-27)43-25-17-15-24(16-18-25)37-32-29(40(41)42)21-36-31(38-32)28-20-35-30-19-14-23(34)22-39(28)30/h4-14,19-22,24-25H,15-18H2,1-3H3,(H,36,37,38). The minimum Gasteiger partial charge on any atom is -0.404 e. The monoisotopic (exact) mass is 610 g/mol. The number of anilines is 1. The van der Waals surface area contributed by atoms with Crippen molar-refractivity contribution in [3.63, 3.8) is 0 Å². The molecule has 226 valence electrons. The SMILES string of the molecule is CC(C)(C)[Si](OC1CCC(Nc2nc(-c3cnc4ccc(F)cn34)ncc2[N+](=O)[O-])CC1)(c1ccccc1)c1ccccc1. The molecule has 0 radical (unpaired) electrons. The minimum atomic E-state index is -2.69. The highest BCUT2D eigenvalue weighted by molar-refractivity contribution is 6.99. The van der Waals surface area contributed by atoms with E-state index in [2.05, 4.69) is 89.6 Å². The molecule has 2 aromatic carbocycles. The molecule has 11 heteroatoms. The molecule has 9 nitrogen and oxygen atoms in total. The topological polar surface area (TPSA) is 107 Å². The minimum absolute atomic E-state index is 0.0323. The van der Waals surface area contributed by atoms with E-state index >= 15 is 0 Å². The number of fused-ring (bicyclic) bond motifs is 1. The zero-order chi connectivity index (χ0) is 30.9. The van der Waals surface area contributed by atoms with Crippen LogP contribution in [0.1, 0.15) is 46.5 Å². The van der Waals surface area contributed by atoms with Crippen LogP contribution >= 0.6 is 0 Å². The molecule has 0 aliphatic heterocycles. The second-order valence-corrected chi connectivity index (χ2v) is 16.6. The lowest BCUT2D eigenvalue weighted by molar-refractivity contribution is -0.384. The van der Waals surface area contributed by atoms with Gasteiger partial charge in [-0.15, -0.1) is 0 Å². The van der Waals surface area contributed by atoms with E-state index in [1.165, 1.54) is 39.4 Å². The normalized spacial score (nSPS) is 17.5. The van der Waals surface area contributed by atoms with Crippen LogP contribution in [0.5, 0.6) is 0 Å². The Labute approximate surface area is 256 Å². The van der Waals surface area contributed by atoms with Gasteiger partial charge in [0, 0.05) is 18.3 Å². The first-order valence-electron chi connectivity index (χ1n) is 14.9. The number of hydrogen-bond acceptors (Lipinski definition) is 7. The maximum absolute atomic E-state index is 14.0. The molecule has 0 unspecified atom stereocenters. The summed E-state index contributed by atoms with van der Waals surface area (Å²) in [5.74, 6) is -0.0725. The Hall–Kier alpha value is -4.48. The summed E-state index contributed by atoms with van der Waals surface area (Å²) in [6, 6.07) is 24.0. The van der Waals surface area contributed by atoms with Gasteiger partial charge in [0.1, 0.15) is 23.4 Å². The fraction of sp³-hybridized carbons (Fsp3) is 0.303. The zero-order valence-electron chi connectivity index (χ0n) is 25.0. The number of imidazole rings is 1. The first kappa shape index (κ1) is 29.6. The average Bonchev–Trinajstić information content (AvgIpc) is 3.44. The van der Waals surface area contributed by atoms with Gasteiger partial charge in [-0.05, 0) is 53.2 Å². The Morgan fingerprint density at radius 1 is 0.932 bits per heavy atom. The van der Waals surface area contributed by atoms with Crippen LogP contribution in [0.25, 0.3) is 17.2 Å². The quantitative estimate of drug-likeness (QED) is 0.128. The van der Waals surface area contributed by atoms with E-state index in [0.717, 1.165) is 25.7 Å². The Kier molecular flexibility index (Phi) is 8.00. The summed E-state index contributed by atoms with van der Waals surface area (Å²) >= 11 is 0. The van der Waals surface area contributed by atoms with E-state index in [1.54, 1.807) is 6.07 Å². The Bertz CT molecular complexity index is 1730. The lowest BCUT2D eigenvalue weighted by atomic mass is 9.93. The highest BCUT2D eigenvalue weighted by Crippen LogP contribution is 2.39. The van der Waals surface area contributed by atoms with Crippen molar-refractivity contribution >= 4 is 35.8 Å². The van der Waals surface area contributed by atoms with Gasteiger partial charge in [0.25, 0.3) is 8.32 Å². The third-order valence-corrected chi connectivity index (χ3v) is 13.5. The van der Waals surface area contributed by atoms with E-state index in [-0.39, 0.29) is 34.5 Å². The number of halogens is 1. The number of benzene rings is 2. The summed E-state index contributed by atoms with van der Waals surface area (Å²) in [4.78, 5) is 24.4. The van der Waals surface area contributed by atoms with Gasteiger partial charge < -0.3 is 9.74 Å². The first-order chi connectivity index (χ1) is 21.2. The van der Waals surface area contributed by atoms with Gasteiger partial charge in [-0.2, -0.15) is 0 Å². The molecule has 3 heterocycles. The molecule has 1 fully saturated rings. The Morgan fingerprint density at radius 3 is 2.16 bits per heavy atom. The van der Waals surface area contributed by atoms with Crippen LogP contribution in [-0.4, -0.2) is 44.7 Å². The van der Waals surface area contributed by atoms with Crippen LogP contribution < -0.4 is 15.7 Å². The molecule has 1 aliphatic carbocycles. The predicted molar refractivity (Wildman–Crippen MR) is 171 cm³/mol. The van der Waals surface area contributed by atoms with E-state index in [0.29, 0.717) is 11.3 Å². The van der Waals surface area contributed by atoms with Crippen LogP contribution in [0.4, 0.5) is 15.9 Å². The number of rotatable bonds is 8. The van der Waals surface area contributed by atoms with Crippen molar-refractivity contribution in [2.24, 2.45) is 0 Å². The summed E-state index contributed by atoms with van der Waals surface area (Å²) in [5.41, 5.74) is 0.761. The van der Waals surface area contributed by atoms with Crippen molar-refractivity contribution < 1.29 is 13.7 Å². The van der Waals surface area contributed by atoms with Gasteiger partial charge >= 0.3 is 5.69 Å². The summed E-state index contributed by atoms with van der Waals surface area (Å²) < 4.78 is 22.8. The van der Waals surface area contributed by atoms with Crippen molar-refractivity contribution in [3.8, 4) is 11.5 Å². The van der Waals surface area contributed by atoms with Crippen molar-refractivity contribution in [2.75, 3.05) is 5.32 Å². The molecule has 0 bridgehead atoms. The lowest BCUT2D eigenvalue weighted by Crippen LogP contribution is -2.67. The van der Waals surface area contributed by atoms with Gasteiger partial charge in [-0.25, -0.2) is 19.3 Å². The van der Waals surface area contributed by atoms with E-state index in [9.17, 15) is 14.5 Å². The number of pyridine rings is 1. The second kappa shape index (κ2) is 11.9. The van der Waals surface area contributed by atoms with Crippen molar-refractivity contribution in [1.29, 1.82) is 0 Å². The molecular weight excluding hydrogens is 575 g/mol. The molecule has 3 aromatic heterocycles. The third kappa shape index (κ3) is 5.60. The van der Waals surface area contributed by atoms with Crippen molar-refractivity contribution in [3.05, 3.63) is 107 Å². The smallest absolute Gasteiger partial charge is 0.329 e. The fourth-order valence-electron chi connectivity index (χ4n) is 6.32. The molecule has 44 heavy (non-hydrogen) atoms. The molecule has 6 rings (SSSR count). The summed E-state index contributed by atoms with van der Waals surface area (Å²) in [7, 11) is -2.69. The highest BCUT2D eigenvalue weighted by atomic mass is 28.4. The molecule has 0 amide bonds. The van der Waals surface area contributed by atoms with E-state index < -0.39 is 19.1 Å².